The lowest BCUT2D eigenvalue weighted by molar-refractivity contribution is -0.148. The van der Waals surface area contributed by atoms with Gasteiger partial charge in [0, 0.05) is 22.5 Å². The Morgan fingerprint density at radius 1 is 1.39 bits per heavy atom. The van der Waals surface area contributed by atoms with Crippen molar-refractivity contribution >= 4 is 35.1 Å². The van der Waals surface area contributed by atoms with E-state index in [-0.39, 0.29) is 12.5 Å². The van der Waals surface area contributed by atoms with Crippen LogP contribution >= 0.6 is 23.2 Å². The van der Waals surface area contributed by atoms with Crippen molar-refractivity contribution in [1.29, 1.82) is 0 Å². The number of nitrogens with one attached hydrogen (secondary N) is 1. The van der Waals surface area contributed by atoms with Crippen LogP contribution in [0.4, 0.5) is 0 Å². The molecule has 6 heteroatoms. The quantitative estimate of drug-likeness (QED) is 0.867. The second-order valence-corrected chi connectivity index (χ2v) is 4.61. The standard InChI is InChI=1S/C12H13Cl2NO3/c1-7(15-8(2)16)12(17)18-6-9-3-4-10(13)5-11(9)14/h3-5,7H,6H2,1-2H3,(H,15,16)/t7-/m0/s1. The van der Waals surface area contributed by atoms with Gasteiger partial charge in [-0.05, 0) is 19.1 Å². The lowest BCUT2D eigenvalue weighted by atomic mass is 10.2. The maximum absolute atomic E-state index is 11.5. The largest absolute Gasteiger partial charge is 0.459 e. The van der Waals surface area contributed by atoms with Crippen LogP contribution in [0.1, 0.15) is 19.4 Å². The molecule has 98 valence electrons. The molecule has 1 amide bonds. The van der Waals surface area contributed by atoms with Crippen LogP contribution in [0.2, 0.25) is 10.0 Å². The second-order valence-electron chi connectivity index (χ2n) is 3.77. The van der Waals surface area contributed by atoms with E-state index in [1.165, 1.54) is 6.92 Å². The lowest BCUT2D eigenvalue weighted by Gasteiger charge is -2.12. The van der Waals surface area contributed by atoms with Gasteiger partial charge in [-0.2, -0.15) is 0 Å². The topological polar surface area (TPSA) is 55.4 Å². The second kappa shape index (κ2) is 6.61. The number of carbonyl (C=O) groups excluding carboxylic acids is 2. The van der Waals surface area contributed by atoms with E-state index in [2.05, 4.69) is 5.32 Å². The van der Waals surface area contributed by atoms with Crippen LogP contribution in [0.3, 0.4) is 0 Å². The van der Waals surface area contributed by atoms with Gasteiger partial charge in [-0.3, -0.25) is 4.79 Å². The maximum Gasteiger partial charge on any atom is 0.328 e. The molecule has 1 aromatic rings. The molecule has 0 fully saturated rings. The van der Waals surface area contributed by atoms with Gasteiger partial charge in [-0.15, -0.1) is 0 Å². The van der Waals surface area contributed by atoms with E-state index in [4.69, 9.17) is 27.9 Å². The summed E-state index contributed by atoms with van der Waals surface area (Å²) >= 11 is 11.7. The van der Waals surface area contributed by atoms with E-state index >= 15 is 0 Å². The third kappa shape index (κ3) is 4.55. The third-order valence-corrected chi connectivity index (χ3v) is 2.75. The lowest BCUT2D eigenvalue weighted by Crippen LogP contribution is -2.38. The maximum atomic E-state index is 11.5. The Morgan fingerprint density at radius 2 is 2.06 bits per heavy atom. The summed E-state index contributed by atoms with van der Waals surface area (Å²) in [5, 5.41) is 3.38. The summed E-state index contributed by atoms with van der Waals surface area (Å²) in [5.41, 5.74) is 0.657. The van der Waals surface area contributed by atoms with Crippen molar-refractivity contribution in [2.75, 3.05) is 0 Å². The summed E-state index contributed by atoms with van der Waals surface area (Å²) in [6, 6.07) is 4.23. The first-order valence-electron chi connectivity index (χ1n) is 5.28. The molecule has 0 heterocycles. The number of carbonyl (C=O) groups is 2. The highest BCUT2D eigenvalue weighted by molar-refractivity contribution is 6.35. The summed E-state index contributed by atoms with van der Waals surface area (Å²) in [5.74, 6) is -0.805. The molecule has 1 rings (SSSR count). The molecule has 0 unspecified atom stereocenters. The number of benzene rings is 1. The first-order valence-corrected chi connectivity index (χ1v) is 6.03. The number of rotatable bonds is 4. The number of hydrogen-bond donors (Lipinski definition) is 1. The van der Waals surface area contributed by atoms with E-state index in [1.54, 1.807) is 25.1 Å². The molecule has 18 heavy (non-hydrogen) atoms. The summed E-state index contributed by atoms with van der Waals surface area (Å²) < 4.78 is 5.03. The highest BCUT2D eigenvalue weighted by atomic mass is 35.5. The molecule has 0 spiro atoms. The molecule has 1 aromatic carbocycles. The Balaban J connectivity index is 2.54. The third-order valence-electron chi connectivity index (χ3n) is 2.16. The molecule has 1 N–H and O–H groups in total. The molecule has 0 saturated carbocycles. The van der Waals surface area contributed by atoms with Gasteiger partial charge in [-0.25, -0.2) is 4.79 Å². The van der Waals surface area contributed by atoms with Crippen LogP contribution in [0, 0.1) is 0 Å². The average molecular weight is 290 g/mol. The van der Waals surface area contributed by atoms with Gasteiger partial charge in [0.15, 0.2) is 0 Å². The van der Waals surface area contributed by atoms with Crippen molar-refractivity contribution in [3.05, 3.63) is 33.8 Å². The highest BCUT2D eigenvalue weighted by Crippen LogP contribution is 2.21. The first-order chi connectivity index (χ1) is 8.40. The van der Waals surface area contributed by atoms with Crippen molar-refractivity contribution < 1.29 is 14.3 Å². The molecule has 0 bridgehead atoms. The average Bonchev–Trinajstić information content (AvgIpc) is 2.26. The molecule has 0 aliphatic carbocycles. The minimum Gasteiger partial charge on any atom is -0.459 e. The molecule has 0 aromatic heterocycles. The van der Waals surface area contributed by atoms with Gasteiger partial charge in [0.25, 0.3) is 0 Å². The Kier molecular flexibility index (Phi) is 5.44. The monoisotopic (exact) mass is 289 g/mol. The SMILES string of the molecule is CC(=O)N[C@@H](C)C(=O)OCc1ccc(Cl)cc1Cl. The molecule has 0 aliphatic rings. The number of amides is 1. The zero-order valence-electron chi connectivity index (χ0n) is 10.00. The summed E-state index contributed by atoms with van der Waals surface area (Å²) in [4.78, 5) is 22.3. The fourth-order valence-electron chi connectivity index (χ4n) is 1.28. The van der Waals surface area contributed by atoms with Crippen LogP contribution in [0.25, 0.3) is 0 Å². The molecule has 0 radical (unpaired) electrons. The minimum atomic E-state index is -0.687. The fourth-order valence-corrected chi connectivity index (χ4v) is 1.74. The minimum absolute atomic E-state index is 0.0404. The van der Waals surface area contributed by atoms with Crippen LogP contribution in [0.15, 0.2) is 18.2 Å². The molecule has 4 nitrogen and oxygen atoms in total. The van der Waals surface area contributed by atoms with E-state index < -0.39 is 12.0 Å². The summed E-state index contributed by atoms with van der Waals surface area (Å²) in [6.07, 6.45) is 0. The van der Waals surface area contributed by atoms with Gasteiger partial charge in [0.1, 0.15) is 12.6 Å². The zero-order valence-corrected chi connectivity index (χ0v) is 11.5. The van der Waals surface area contributed by atoms with Crippen LogP contribution in [-0.2, 0) is 20.9 Å². The zero-order chi connectivity index (χ0) is 13.7. The van der Waals surface area contributed by atoms with Crippen molar-refractivity contribution in [2.24, 2.45) is 0 Å². The van der Waals surface area contributed by atoms with E-state index in [9.17, 15) is 9.59 Å². The number of halogens is 2. The normalized spacial score (nSPS) is 11.8. The molecular weight excluding hydrogens is 277 g/mol. The van der Waals surface area contributed by atoms with Crippen molar-refractivity contribution in [3.8, 4) is 0 Å². The van der Waals surface area contributed by atoms with Crippen molar-refractivity contribution in [2.45, 2.75) is 26.5 Å². The number of ether oxygens (including phenoxy) is 1. The molecule has 0 saturated heterocycles. The van der Waals surface area contributed by atoms with Crippen molar-refractivity contribution in [1.82, 2.24) is 5.32 Å². The predicted molar refractivity (Wildman–Crippen MR) is 69.5 cm³/mol. The van der Waals surface area contributed by atoms with E-state index in [0.717, 1.165) is 0 Å². The highest BCUT2D eigenvalue weighted by Gasteiger charge is 2.15. The molecule has 1 atom stereocenters. The van der Waals surface area contributed by atoms with Gasteiger partial charge < -0.3 is 10.1 Å². The van der Waals surface area contributed by atoms with E-state index in [1.807, 2.05) is 0 Å². The van der Waals surface area contributed by atoms with Gasteiger partial charge in [0.2, 0.25) is 5.91 Å². The summed E-state index contributed by atoms with van der Waals surface area (Å²) in [6.45, 7) is 2.92. The fraction of sp³-hybridized carbons (Fsp3) is 0.333. The van der Waals surface area contributed by atoms with Gasteiger partial charge in [0.05, 0.1) is 0 Å². The Labute approximate surface area is 115 Å². The first kappa shape index (κ1) is 14.8. The Bertz CT molecular complexity index is 463. The van der Waals surface area contributed by atoms with Crippen molar-refractivity contribution in [3.63, 3.8) is 0 Å². The molecular formula is C12H13Cl2NO3. The van der Waals surface area contributed by atoms with Crippen LogP contribution < -0.4 is 5.32 Å². The van der Waals surface area contributed by atoms with E-state index in [0.29, 0.717) is 15.6 Å². The van der Waals surface area contributed by atoms with Crippen LogP contribution in [0.5, 0.6) is 0 Å². The summed E-state index contributed by atoms with van der Waals surface area (Å²) in [7, 11) is 0. The molecule has 0 aliphatic heterocycles. The van der Waals surface area contributed by atoms with Crippen LogP contribution in [-0.4, -0.2) is 17.9 Å². The smallest absolute Gasteiger partial charge is 0.328 e. The Morgan fingerprint density at radius 3 is 2.61 bits per heavy atom. The Hall–Kier alpha value is -1.26. The predicted octanol–water partition coefficient (Wildman–Crippen LogP) is 2.56. The van der Waals surface area contributed by atoms with Gasteiger partial charge in [-0.1, -0.05) is 29.3 Å². The van der Waals surface area contributed by atoms with Gasteiger partial charge >= 0.3 is 5.97 Å². The number of hydrogen-bond acceptors (Lipinski definition) is 3. The number of esters is 1.